The fourth-order valence-electron chi connectivity index (χ4n) is 1.51. The van der Waals surface area contributed by atoms with E-state index in [1.165, 1.54) is 30.3 Å². The van der Waals surface area contributed by atoms with Crippen molar-refractivity contribution in [2.45, 2.75) is 0 Å². The molecule has 0 aromatic heterocycles. The summed E-state index contributed by atoms with van der Waals surface area (Å²) in [5.74, 6) is -2.14. The van der Waals surface area contributed by atoms with Crippen LogP contribution in [0.25, 0.3) is 11.1 Å². The van der Waals surface area contributed by atoms with E-state index in [2.05, 4.69) is 6.07 Å². The minimum atomic E-state index is -1.10. The lowest BCUT2D eigenvalue weighted by Gasteiger charge is -2.04. The number of hydrogen-bond donors (Lipinski definition) is 0. The van der Waals surface area contributed by atoms with Crippen molar-refractivity contribution in [3.8, 4) is 11.1 Å². The van der Waals surface area contributed by atoms with E-state index in [4.69, 9.17) is 0 Å². The van der Waals surface area contributed by atoms with Gasteiger partial charge in [-0.25, -0.2) is 8.78 Å². The van der Waals surface area contributed by atoms with Gasteiger partial charge in [-0.2, -0.15) is 0 Å². The highest BCUT2D eigenvalue weighted by molar-refractivity contribution is 5.73. The van der Waals surface area contributed by atoms with Gasteiger partial charge >= 0.3 is 0 Å². The molecular weight excluding hydrogens is 228 g/mol. The van der Waals surface area contributed by atoms with Crippen molar-refractivity contribution in [1.29, 1.82) is 0 Å². The Balaban J connectivity index is 2.69. The minimum Gasteiger partial charge on any atom is -0.258 e. The van der Waals surface area contributed by atoms with Gasteiger partial charge in [0.25, 0.3) is 5.69 Å². The molecule has 1 radical (unpaired) electrons. The first kappa shape index (κ1) is 11.2. The Morgan fingerprint density at radius 3 is 2.65 bits per heavy atom. The van der Waals surface area contributed by atoms with Crippen LogP contribution in [-0.4, -0.2) is 4.92 Å². The molecule has 0 bridgehead atoms. The highest BCUT2D eigenvalue weighted by Crippen LogP contribution is 2.31. The molecule has 0 spiro atoms. The normalized spacial score (nSPS) is 10.2. The first-order chi connectivity index (χ1) is 8.11. The zero-order chi connectivity index (χ0) is 12.4. The predicted octanol–water partition coefficient (Wildman–Crippen LogP) is 3.34. The van der Waals surface area contributed by atoms with E-state index in [1.807, 2.05) is 0 Å². The van der Waals surface area contributed by atoms with Crippen molar-refractivity contribution < 1.29 is 13.7 Å². The Labute approximate surface area is 95.5 Å². The monoisotopic (exact) mass is 234 g/mol. The van der Waals surface area contributed by atoms with Crippen LogP contribution >= 0.6 is 0 Å². The van der Waals surface area contributed by atoms with Gasteiger partial charge in [-0.3, -0.25) is 10.1 Å². The lowest BCUT2D eigenvalue weighted by Crippen LogP contribution is -1.95. The Morgan fingerprint density at radius 2 is 1.94 bits per heavy atom. The van der Waals surface area contributed by atoms with Crippen LogP contribution in [0, 0.1) is 27.8 Å². The van der Waals surface area contributed by atoms with E-state index in [0.29, 0.717) is 0 Å². The minimum absolute atomic E-state index is 0.00880. The van der Waals surface area contributed by atoms with Crippen molar-refractivity contribution in [2.24, 2.45) is 0 Å². The van der Waals surface area contributed by atoms with Crippen molar-refractivity contribution in [2.75, 3.05) is 0 Å². The number of hydrogen-bond acceptors (Lipinski definition) is 2. The summed E-state index contributed by atoms with van der Waals surface area (Å²) in [6.07, 6.45) is 0. The van der Waals surface area contributed by atoms with E-state index < -0.39 is 16.6 Å². The van der Waals surface area contributed by atoms with Crippen molar-refractivity contribution in [3.05, 3.63) is 64.2 Å². The number of nitrogens with zero attached hydrogens (tertiary/aromatic N) is 1. The van der Waals surface area contributed by atoms with E-state index >= 15 is 0 Å². The van der Waals surface area contributed by atoms with Crippen LogP contribution in [0.15, 0.2) is 36.4 Å². The molecule has 85 valence electrons. The maximum Gasteiger partial charge on any atom is 0.277 e. The maximum atomic E-state index is 13.5. The predicted molar refractivity (Wildman–Crippen MR) is 57.3 cm³/mol. The molecule has 0 fully saturated rings. The van der Waals surface area contributed by atoms with Gasteiger partial charge in [0.2, 0.25) is 0 Å². The quantitative estimate of drug-likeness (QED) is 0.590. The van der Waals surface area contributed by atoms with E-state index in [1.54, 1.807) is 0 Å². The lowest BCUT2D eigenvalue weighted by atomic mass is 10.0. The summed E-state index contributed by atoms with van der Waals surface area (Å²) in [5.41, 5.74) is -0.420. The van der Waals surface area contributed by atoms with Crippen LogP contribution in [0.5, 0.6) is 0 Å². The van der Waals surface area contributed by atoms with Crippen LogP contribution in [0.4, 0.5) is 14.5 Å². The fraction of sp³-hybridized carbons (Fsp3) is 0. The van der Waals surface area contributed by atoms with E-state index in [-0.39, 0.29) is 16.8 Å². The fourth-order valence-corrected chi connectivity index (χ4v) is 1.51. The van der Waals surface area contributed by atoms with Crippen LogP contribution in [0.2, 0.25) is 0 Å². The number of benzene rings is 2. The third-order valence-corrected chi connectivity index (χ3v) is 2.28. The molecule has 0 N–H and O–H groups in total. The first-order valence-electron chi connectivity index (χ1n) is 4.70. The SMILES string of the molecule is O=[N+]([O-])c1cc[c]cc1-c1cccc(F)c1F. The van der Waals surface area contributed by atoms with Crippen LogP contribution in [-0.2, 0) is 0 Å². The molecule has 0 saturated carbocycles. The van der Waals surface area contributed by atoms with Gasteiger partial charge in [-0.05, 0) is 24.3 Å². The molecule has 17 heavy (non-hydrogen) atoms. The second-order valence-electron chi connectivity index (χ2n) is 3.30. The van der Waals surface area contributed by atoms with E-state index in [9.17, 15) is 18.9 Å². The van der Waals surface area contributed by atoms with E-state index in [0.717, 1.165) is 6.07 Å². The van der Waals surface area contributed by atoms with Gasteiger partial charge in [0.1, 0.15) is 0 Å². The summed E-state index contributed by atoms with van der Waals surface area (Å²) < 4.78 is 26.6. The van der Waals surface area contributed by atoms with Crippen LogP contribution < -0.4 is 0 Å². The van der Waals surface area contributed by atoms with Gasteiger partial charge < -0.3 is 0 Å². The van der Waals surface area contributed by atoms with Crippen LogP contribution in [0.1, 0.15) is 0 Å². The maximum absolute atomic E-state index is 13.5. The molecule has 0 atom stereocenters. The highest BCUT2D eigenvalue weighted by atomic mass is 19.2. The lowest BCUT2D eigenvalue weighted by molar-refractivity contribution is -0.384. The molecule has 0 unspecified atom stereocenters. The highest BCUT2D eigenvalue weighted by Gasteiger charge is 2.18. The third-order valence-electron chi connectivity index (χ3n) is 2.28. The third kappa shape index (κ3) is 1.99. The average Bonchev–Trinajstić information content (AvgIpc) is 2.33. The molecule has 2 rings (SSSR count). The van der Waals surface area contributed by atoms with Gasteiger partial charge in [0.15, 0.2) is 11.6 Å². The molecule has 0 aliphatic carbocycles. The summed E-state index contributed by atoms with van der Waals surface area (Å²) >= 11 is 0. The molecule has 5 heteroatoms. The zero-order valence-electron chi connectivity index (χ0n) is 8.48. The molecule has 2 aromatic carbocycles. The van der Waals surface area contributed by atoms with Gasteiger partial charge in [0.05, 0.1) is 10.5 Å². The molecule has 0 amide bonds. The standard InChI is InChI=1S/C12H6F2NO2/c13-10-6-3-5-9(12(10)14)8-4-1-2-7-11(8)15(16)17/h2-7H. The Kier molecular flexibility index (Phi) is 2.82. The molecule has 0 heterocycles. The molecule has 2 aromatic rings. The Hall–Kier alpha value is -2.30. The Morgan fingerprint density at radius 1 is 1.18 bits per heavy atom. The van der Waals surface area contributed by atoms with Crippen LogP contribution in [0.3, 0.4) is 0 Å². The smallest absolute Gasteiger partial charge is 0.258 e. The molecule has 0 aliphatic rings. The van der Waals surface area contributed by atoms with Crippen molar-refractivity contribution >= 4 is 5.69 Å². The number of nitro benzene ring substituents is 1. The summed E-state index contributed by atoms with van der Waals surface area (Å²) in [4.78, 5) is 10.1. The average molecular weight is 234 g/mol. The van der Waals surface area contributed by atoms with Gasteiger partial charge in [0, 0.05) is 11.6 Å². The zero-order valence-corrected chi connectivity index (χ0v) is 8.48. The first-order valence-corrected chi connectivity index (χ1v) is 4.70. The largest absolute Gasteiger partial charge is 0.277 e. The topological polar surface area (TPSA) is 43.1 Å². The molecular formula is C12H6F2NO2. The summed E-state index contributed by atoms with van der Waals surface area (Å²) in [6, 6.07) is 9.95. The second kappa shape index (κ2) is 4.29. The second-order valence-corrected chi connectivity index (χ2v) is 3.30. The van der Waals surface area contributed by atoms with Gasteiger partial charge in [-0.1, -0.05) is 12.1 Å². The molecule has 3 nitrogen and oxygen atoms in total. The van der Waals surface area contributed by atoms with Crippen molar-refractivity contribution in [1.82, 2.24) is 0 Å². The molecule has 0 aliphatic heterocycles. The van der Waals surface area contributed by atoms with Gasteiger partial charge in [-0.15, -0.1) is 0 Å². The Bertz CT molecular complexity index is 584. The summed E-state index contributed by atoms with van der Waals surface area (Å²) in [5, 5.41) is 10.8. The number of nitro groups is 1. The molecule has 0 saturated heterocycles. The van der Waals surface area contributed by atoms with Crippen molar-refractivity contribution in [3.63, 3.8) is 0 Å². The summed E-state index contributed by atoms with van der Waals surface area (Å²) in [6.45, 7) is 0. The summed E-state index contributed by atoms with van der Waals surface area (Å²) in [7, 11) is 0. The number of halogens is 2. The number of rotatable bonds is 2.